The molecule has 2 fully saturated rings. The summed E-state index contributed by atoms with van der Waals surface area (Å²) in [6, 6.07) is 0.343. The number of hydrogen-bond donors (Lipinski definition) is 1. The van der Waals surface area contributed by atoms with Crippen molar-refractivity contribution in [3.63, 3.8) is 0 Å². The summed E-state index contributed by atoms with van der Waals surface area (Å²) in [6.07, 6.45) is 2.63. The van der Waals surface area contributed by atoms with Crippen molar-refractivity contribution in [2.45, 2.75) is 39.2 Å². The van der Waals surface area contributed by atoms with Gasteiger partial charge in [0.1, 0.15) is 0 Å². The summed E-state index contributed by atoms with van der Waals surface area (Å²) in [5.74, 6) is 0.654. The fraction of sp³-hybridized carbons (Fsp3) is 0.846. The number of imide groups is 1. The van der Waals surface area contributed by atoms with Gasteiger partial charge in [-0.05, 0) is 39.2 Å². The Morgan fingerprint density at radius 3 is 2.29 bits per heavy atom. The van der Waals surface area contributed by atoms with Crippen LogP contribution in [0.15, 0.2) is 0 Å². The Balaban J connectivity index is 1.97. The maximum atomic E-state index is 12.1. The van der Waals surface area contributed by atoms with Crippen molar-refractivity contribution >= 4 is 11.8 Å². The quantitative estimate of drug-likeness (QED) is 0.744. The lowest BCUT2D eigenvalue weighted by molar-refractivity contribution is -0.140. The van der Waals surface area contributed by atoms with Crippen molar-refractivity contribution in [1.29, 1.82) is 0 Å². The van der Waals surface area contributed by atoms with E-state index in [1.54, 1.807) is 0 Å². The predicted octanol–water partition coefficient (Wildman–Crippen LogP) is 1.02. The Kier molecular flexibility index (Phi) is 3.52. The van der Waals surface area contributed by atoms with Crippen LogP contribution in [0.1, 0.15) is 33.1 Å². The van der Waals surface area contributed by atoms with Gasteiger partial charge in [-0.1, -0.05) is 6.92 Å². The van der Waals surface area contributed by atoms with Crippen molar-refractivity contribution in [3.05, 3.63) is 0 Å². The Bertz CT molecular complexity index is 305. The van der Waals surface area contributed by atoms with Gasteiger partial charge in [0.15, 0.2) is 0 Å². The second-order valence-corrected chi connectivity index (χ2v) is 5.60. The summed E-state index contributed by atoms with van der Waals surface area (Å²) in [5, 5.41) is 3.13. The van der Waals surface area contributed by atoms with E-state index in [2.05, 4.69) is 19.2 Å². The van der Waals surface area contributed by atoms with Crippen LogP contribution in [0.4, 0.5) is 0 Å². The zero-order chi connectivity index (χ0) is 12.6. The molecule has 96 valence electrons. The number of nitrogens with one attached hydrogen (secondary N) is 1. The minimum Gasteiger partial charge on any atom is -0.317 e. The molecule has 2 aliphatic rings. The van der Waals surface area contributed by atoms with Gasteiger partial charge in [0.25, 0.3) is 0 Å². The van der Waals surface area contributed by atoms with E-state index >= 15 is 0 Å². The molecule has 3 atom stereocenters. The molecule has 1 heterocycles. The smallest absolute Gasteiger partial charge is 0.233 e. The first kappa shape index (κ1) is 12.6. The van der Waals surface area contributed by atoms with Crippen LogP contribution in [-0.4, -0.2) is 36.3 Å². The molecule has 3 unspecified atom stereocenters. The van der Waals surface area contributed by atoms with E-state index < -0.39 is 0 Å². The zero-order valence-electron chi connectivity index (χ0n) is 10.9. The molecule has 4 heteroatoms. The van der Waals surface area contributed by atoms with Gasteiger partial charge in [-0.25, -0.2) is 0 Å². The molecular weight excluding hydrogens is 216 g/mol. The highest BCUT2D eigenvalue weighted by atomic mass is 16.2. The Morgan fingerprint density at radius 2 is 1.82 bits per heavy atom. The summed E-state index contributed by atoms with van der Waals surface area (Å²) < 4.78 is 0. The third-order valence-electron chi connectivity index (χ3n) is 4.24. The van der Waals surface area contributed by atoms with E-state index in [9.17, 15) is 9.59 Å². The Morgan fingerprint density at radius 1 is 1.29 bits per heavy atom. The number of carbonyl (C=O) groups is 2. The molecule has 0 aromatic heterocycles. The van der Waals surface area contributed by atoms with Gasteiger partial charge >= 0.3 is 0 Å². The van der Waals surface area contributed by atoms with Crippen LogP contribution in [0.5, 0.6) is 0 Å². The van der Waals surface area contributed by atoms with Gasteiger partial charge in [0.05, 0.1) is 11.8 Å². The Hall–Kier alpha value is -0.900. The van der Waals surface area contributed by atoms with Crippen LogP contribution in [0.3, 0.4) is 0 Å². The van der Waals surface area contributed by atoms with Crippen LogP contribution in [0.25, 0.3) is 0 Å². The van der Waals surface area contributed by atoms with E-state index in [1.165, 1.54) is 4.90 Å². The van der Waals surface area contributed by atoms with E-state index in [1.807, 2.05) is 7.05 Å². The molecule has 1 aliphatic heterocycles. The van der Waals surface area contributed by atoms with Crippen molar-refractivity contribution in [2.24, 2.45) is 17.8 Å². The molecule has 0 radical (unpaired) electrons. The maximum Gasteiger partial charge on any atom is 0.233 e. The summed E-state index contributed by atoms with van der Waals surface area (Å²) in [4.78, 5) is 25.8. The maximum absolute atomic E-state index is 12.1. The van der Waals surface area contributed by atoms with Gasteiger partial charge in [-0.2, -0.15) is 0 Å². The third kappa shape index (κ3) is 2.23. The second kappa shape index (κ2) is 4.77. The van der Waals surface area contributed by atoms with E-state index in [0.29, 0.717) is 18.5 Å². The van der Waals surface area contributed by atoms with Gasteiger partial charge in [-0.3, -0.25) is 14.5 Å². The molecule has 2 amide bonds. The molecule has 17 heavy (non-hydrogen) atoms. The van der Waals surface area contributed by atoms with Gasteiger partial charge in [-0.15, -0.1) is 0 Å². The number of hydrogen-bond acceptors (Lipinski definition) is 3. The molecule has 1 aliphatic carbocycles. The molecule has 0 bridgehead atoms. The van der Waals surface area contributed by atoms with Crippen molar-refractivity contribution in [2.75, 3.05) is 13.6 Å². The van der Waals surface area contributed by atoms with Crippen LogP contribution in [-0.2, 0) is 9.59 Å². The van der Waals surface area contributed by atoms with E-state index in [-0.39, 0.29) is 23.7 Å². The van der Waals surface area contributed by atoms with E-state index in [0.717, 1.165) is 19.3 Å². The molecule has 1 N–H and O–H groups in total. The highest BCUT2D eigenvalue weighted by molar-refractivity contribution is 6.05. The lowest BCUT2D eigenvalue weighted by Gasteiger charge is -2.19. The summed E-state index contributed by atoms with van der Waals surface area (Å²) >= 11 is 0. The molecule has 0 aromatic rings. The minimum absolute atomic E-state index is 0.0117. The average molecular weight is 238 g/mol. The average Bonchev–Trinajstić information content (AvgIpc) is 2.78. The van der Waals surface area contributed by atoms with Crippen molar-refractivity contribution in [3.8, 4) is 0 Å². The van der Waals surface area contributed by atoms with Crippen LogP contribution >= 0.6 is 0 Å². The minimum atomic E-state index is -0.0117. The number of amides is 2. The normalized spacial score (nSPS) is 34.3. The van der Waals surface area contributed by atoms with Crippen LogP contribution in [0, 0.1) is 17.8 Å². The third-order valence-corrected chi connectivity index (χ3v) is 4.24. The second-order valence-electron chi connectivity index (χ2n) is 5.60. The monoisotopic (exact) mass is 238 g/mol. The summed E-state index contributed by atoms with van der Waals surface area (Å²) in [7, 11) is 1.90. The largest absolute Gasteiger partial charge is 0.317 e. The molecular formula is C13H22N2O2. The fourth-order valence-electron chi connectivity index (χ4n) is 3.03. The number of nitrogens with zero attached hydrogens (tertiary/aromatic N) is 1. The SMILES string of the molecule is CNC(C)CCN1C(=O)C2CC(C)CC2C1=O. The Labute approximate surface area is 103 Å². The van der Waals surface area contributed by atoms with Crippen molar-refractivity contribution < 1.29 is 9.59 Å². The first-order valence-electron chi connectivity index (χ1n) is 6.57. The molecule has 1 saturated carbocycles. The highest BCUT2D eigenvalue weighted by Gasteiger charge is 2.51. The molecule has 1 saturated heterocycles. The lowest BCUT2D eigenvalue weighted by atomic mass is 10.00. The number of fused-ring (bicyclic) bond motifs is 1. The van der Waals surface area contributed by atoms with Crippen molar-refractivity contribution in [1.82, 2.24) is 10.2 Å². The highest BCUT2D eigenvalue weighted by Crippen LogP contribution is 2.42. The van der Waals surface area contributed by atoms with Gasteiger partial charge in [0, 0.05) is 12.6 Å². The number of carbonyl (C=O) groups excluding carboxylic acids is 2. The lowest BCUT2D eigenvalue weighted by Crippen LogP contribution is -2.36. The molecule has 0 aromatic carbocycles. The van der Waals surface area contributed by atoms with E-state index in [4.69, 9.17) is 0 Å². The van der Waals surface area contributed by atoms with Gasteiger partial charge in [0.2, 0.25) is 11.8 Å². The first-order valence-corrected chi connectivity index (χ1v) is 6.57. The van der Waals surface area contributed by atoms with Gasteiger partial charge < -0.3 is 5.32 Å². The number of likely N-dealkylation sites (tertiary alicyclic amines) is 1. The van der Waals surface area contributed by atoms with Crippen LogP contribution in [0.2, 0.25) is 0 Å². The summed E-state index contributed by atoms with van der Waals surface area (Å²) in [6.45, 7) is 4.77. The standard InChI is InChI=1S/C13H22N2O2/c1-8-6-10-11(7-8)13(17)15(12(10)16)5-4-9(2)14-3/h8-11,14H,4-7H2,1-3H3. The number of rotatable bonds is 4. The molecule has 2 rings (SSSR count). The summed E-state index contributed by atoms with van der Waals surface area (Å²) in [5.41, 5.74) is 0. The fourth-order valence-corrected chi connectivity index (χ4v) is 3.03. The topological polar surface area (TPSA) is 49.4 Å². The zero-order valence-corrected chi connectivity index (χ0v) is 10.9. The predicted molar refractivity (Wildman–Crippen MR) is 65.2 cm³/mol. The molecule has 0 spiro atoms. The first-order chi connectivity index (χ1) is 8.04. The molecule has 4 nitrogen and oxygen atoms in total. The van der Waals surface area contributed by atoms with Crippen LogP contribution < -0.4 is 5.32 Å².